The molecule has 3 aromatic carbocycles. The molecule has 4 nitrogen and oxygen atoms in total. The summed E-state index contributed by atoms with van der Waals surface area (Å²) in [4.78, 5) is 19.2. The number of aromatic nitrogens is 1. The third-order valence-corrected chi connectivity index (χ3v) is 5.08. The van der Waals surface area contributed by atoms with Gasteiger partial charge in [-0.3, -0.25) is 9.78 Å². The second-order valence-corrected chi connectivity index (χ2v) is 7.96. The highest BCUT2D eigenvalue weighted by atomic mass is 35.5. The van der Waals surface area contributed by atoms with Gasteiger partial charge in [0.1, 0.15) is 0 Å². The van der Waals surface area contributed by atoms with E-state index < -0.39 is 0 Å². The minimum absolute atomic E-state index is 0.186. The summed E-state index contributed by atoms with van der Waals surface area (Å²) in [6.07, 6.45) is 1.59. The molecule has 4 rings (SSSR count). The van der Waals surface area contributed by atoms with Crippen molar-refractivity contribution in [2.45, 2.75) is 6.54 Å². The van der Waals surface area contributed by atoms with Gasteiger partial charge < -0.3 is 10.2 Å². The standard InChI is InChI=1S/C25H22ClN3O/c1-29(2)16-17-3-4-20-14-23(11-7-19(20)13-17)28-25(30)21-8-12-24(27-15-21)18-5-9-22(26)10-6-18/h3-15H,16H2,1-2H3,(H,28,30). The number of nitrogens with one attached hydrogen (secondary N) is 1. The van der Waals surface area contributed by atoms with Crippen molar-refractivity contribution in [1.82, 2.24) is 9.88 Å². The lowest BCUT2D eigenvalue weighted by atomic mass is 10.1. The fraction of sp³-hybridized carbons (Fsp3) is 0.120. The van der Waals surface area contributed by atoms with Crippen LogP contribution in [-0.4, -0.2) is 29.9 Å². The number of pyridine rings is 1. The Hall–Kier alpha value is -3.21. The Morgan fingerprint density at radius 1 is 0.933 bits per heavy atom. The van der Waals surface area contributed by atoms with Crippen LogP contribution in [0.4, 0.5) is 5.69 Å². The SMILES string of the molecule is CN(C)Cc1ccc2cc(NC(=O)c3ccc(-c4ccc(Cl)cc4)nc3)ccc2c1. The molecule has 0 unspecified atom stereocenters. The van der Waals surface area contributed by atoms with Gasteiger partial charge in [-0.15, -0.1) is 0 Å². The van der Waals surface area contributed by atoms with Crippen LogP contribution in [0.2, 0.25) is 5.02 Å². The van der Waals surface area contributed by atoms with Gasteiger partial charge in [0, 0.05) is 29.0 Å². The molecule has 150 valence electrons. The zero-order chi connectivity index (χ0) is 21.1. The molecule has 0 spiro atoms. The number of hydrogen-bond acceptors (Lipinski definition) is 3. The summed E-state index contributed by atoms with van der Waals surface area (Å²) in [5, 5.41) is 5.88. The van der Waals surface area contributed by atoms with Crippen molar-refractivity contribution in [3.8, 4) is 11.3 Å². The van der Waals surface area contributed by atoms with Crippen LogP contribution in [0.25, 0.3) is 22.0 Å². The summed E-state index contributed by atoms with van der Waals surface area (Å²) in [6, 6.07) is 23.4. The van der Waals surface area contributed by atoms with E-state index >= 15 is 0 Å². The molecular formula is C25H22ClN3O. The van der Waals surface area contributed by atoms with Crippen molar-refractivity contribution in [2.24, 2.45) is 0 Å². The van der Waals surface area contributed by atoms with E-state index in [2.05, 4.69) is 47.5 Å². The molecule has 30 heavy (non-hydrogen) atoms. The Bertz CT molecular complexity index is 1190. The zero-order valence-corrected chi connectivity index (χ0v) is 17.6. The molecular weight excluding hydrogens is 394 g/mol. The second-order valence-electron chi connectivity index (χ2n) is 7.53. The van der Waals surface area contributed by atoms with Crippen LogP contribution >= 0.6 is 11.6 Å². The summed E-state index contributed by atoms with van der Waals surface area (Å²) < 4.78 is 0. The van der Waals surface area contributed by atoms with Crippen LogP contribution in [0.15, 0.2) is 79.0 Å². The molecule has 1 aromatic heterocycles. The highest BCUT2D eigenvalue weighted by molar-refractivity contribution is 6.30. The molecule has 0 saturated heterocycles. The van der Waals surface area contributed by atoms with Gasteiger partial charge in [0.05, 0.1) is 11.3 Å². The summed E-state index contributed by atoms with van der Waals surface area (Å²) in [7, 11) is 4.11. The largest absolute Gasteiger partial charge is 0.322 e. The maximum Gasteiger partial charge on any atom is 0.257 e. The van der Waals surface area contributed by atoms with Gasteiger partial charge in [0.2, 0.25) is 0 Å². The monoisotopic (exact) mass is 415 g/mol. The van der Waals surface area contributed by atoms with Crippen molar-refractivity contribution in [3.63, 3.8) is 0 Å². The fourth-order valence-corrected chi connectivity index (χ4v) is 3.49. The fourth-order valence-electron chi connectivity index (χ4n) is 3.36. The summed E-state index contributed by atoms with van der Waals surface area (Å²) >= 11 is 5.93. The average Bonchev–Trinajstić information content (AvgIpc) is 2.74. The van der Waals surface area contributed by atoms with Gasteiger partial charge in [0.15, 0.2) is 0 Å². The van der Waals surface area contributed by atoms with Gasteiger partial charge in [-0.2, -0.15) is 0 Å². The number of hydrogen-bond donors (Lipinski definition) is 1. The first-order valence-corrected chi connectivity index (χ1v) is 10.1. The Balaban J connectivity index is 1.49. The Labute approximate surface area is 181 Å². The van der Waals surface area contributed by atoms with E-state index in [-0.39, 0.29) is 5.91 Å². The molecule has 0 atom stereocenters. The minimum Gasteiger partial charge on any atom is -0.322 e. The Morgan fingerprint density at radius 3 is 2.37 bits per heavy atom. The number of nitrogens with zero attached hydrogens (tertiary/aromatic N) is 2. The van der Waals surface area contributed by atoms with E-state index in [1.54, 1.807) is 12.3 Å². The maximum absolute atomic E-state index is 12.6. The quantitative estimate of drug-likeness (QED) is 0.443. The predicted octanol–water partition coefficient (Wildman–Crippen LogP) is 5.87. The van der Waals surface area contributed by atoms with E-state index in [1.165, 1.54) is 5.56 Å². The lowest BCUT2D eigenvalue weighted by molar-refractivity contribution is 0.102. The lowest BCUT2D eigenvalue weighted by Gasteiger charge is -2.11. The van der Waals surface area contributed by atoms with Crippen molar-refractivity contribution in [3.05, 3.63) is 95.1 Å². The summed E-state index contributed by atoms with van der Waals surface area (Å²) in [6.45, 7) is 0.896. The van der Waals surface area contributed by atoms with Crippen LogP contribution in [0.5, 0.6) is 0 Å². The molecule has 1 N–H and O–H groups in total. The van der Waals surface area contributed by atoms with Crippen LogP contribution in [-0.2, 0) is 6.54 Å². The van der Waals surface area contributed by atoms with Crippen LogP contribution in [0.1, 0.15) is 15.9 Å². The number of amides is 1. The summed E-state index contributed by atoms with van der Waals surface area (Å²) in [5.74, 6) is -0.186. The molecule has 0 aliphatic carbocycles. The number of benzene rings is 3. The van der Waals surface area contributed by atoms with E-state index in [0.717, 1.165) is 34.3 Å². The highest BCUT2D eigenvalue weighted by Crippen LogP contribution is 2.23. The van der Waals surface area contributed by atoms with Gasteiger partial charge in [-0.1, -0.05) is 41.9 Å². The van der Waals surface area contributed by atoms with Crippen molar-refractivity contribution < 1.29 is 4.79 Å². The van der Waals surface area contributed by atoms with E-state index in [1.807, 2.05) is 48.5 Å². The number of anilines is 1. The van der Waals surface area contributed by atoms with Gasteiger partial charge >= 0.3 is 0 Å². The second kappa shape index (κ2) is 8.66. The van der Waals surface area contributed by atoms with E-state index in [4.69, 9.17) is 11.6 Å². The lowest BCUT2D eigenvalue weighted by Crippen LogP contribution is -2.12. The number of fused-ring (bicyclic) bond motifs is 1. The first-order valence-electron chi connectivity index (χ1n) is 9.69. The van der Waals surface area contributed by atoms with E-state index in [0.29, 0.717) is 10.6 Å². The molecule has 0 fully saturated rings. The van der Waals surface area contributed by atoms with Crippen LogP contribution in [0, 0.1) is 0 Å². The van der Waals surface area contributed by atoms with Crippen LogP contribution < -0.4 is 5.32 Å². The number of carbonyl (C=O) groups excluding carboxylic acids is 1. The first kappa shape index (κ1) is 20.1. The van der Waals surface area contributed by atoms with Gasteiger partial charge in [-0.25, -0.2) is 0 Å². The molecule has 0 saturated carbocycles. The predicted molar refractivity (Wildman–Crippen MR) is 124 cm³/mol. The van der Waals surface area contributed by atoms with E-state index in [9.17, 15) is 4.79 Å². The molecule has 1 heterocycles. The van der Waals surface area contributed by atoms with Crippen LogP contribution in [0.3, 0.4) is 0 Å². The van der Waals surface area contributed by atoms with Crippen molar-refractivity contribution in [1.29, 1.82) is 0 Å². The zero-order valence-electron chi connectivity index (χ0n) is 16.9. The Morgan fingerprint density at radius 2 is 1.67 bits per heavy atom. The summed E-state index contributed by atoms with van der Waals surface area (Å²) in [5.41, 5.74) is 4.27. The van der Waals surface area contributed by atoms with Crippen molar-refractivity contribution in [2.75, 3.05) is 19.4 Å². The highest BCUT2D eigenvalue weighted by Gasteiger charge is 2.09. The van der Waals surface area contributed by atoms with Crippen molar-refractivity contribution >= 4 is 34.0 Å². The molecule has 4 aromatic rings. The topological polar surface area (TPSA) is 45.2 Å². The number of rotatable bonds is 5. The maximum atomic E-state index is 12.6. The van der Waals surface area contributed by atoms with Gasteiger partial charge in [0.25, 0.3) is 5.91 Å². The number of carbonyl (C=O) groups is 1. The first-order chi connectivity index (χ1) is 14.5. The number of halogens is 1. The molecule has 0 bridgehead atoms. The van der Waals surface area contributed by atoms with Gasteiger partial charge in [-0.05, 0) is 72.9 Å². The molecule has 1 amide bonds. The Kier molecular flexibility index (Phi) is 5.79. The minimum atomic E-state index is -0.186. The molecule has 0 radical (unpaired) electrons. The average molecular weight is 416 g/mol. The molecule has 5 heteroatoms. The third kappa shape index (κ3) is 4.67. The molecule has 0 aliphatic rings. The molecule has 0 aliphatic heterocycles. The smallest absolute Gasteiger partial charge is 0.257 e. The third-order valence-electron chi connectivity index (χ3n) is 4.83. The normalized spacial score (nSPS) is 11.1.